The number of nitrogens with one attached hydrogen (secondary N) is 1. The van der Waals surface area contributed by atoms with Crippen LogP contribution in [0.3, 0.4) is 0 Å². The second kappa shape index (κ2) is 7.13. The molecule has 0 aromatic rings. The molecule has 0 spiro atoms. The van der Waals surface area contributed by atoms with Gasteiger partial charge in [-0.05, 0) is 38.9 Å². The van der Waals surface area contributed by atoms with Gasteiger partial charge in [-0.25, -0.2) is 0 Å². The first-order valence-corrected chi connectivity index (χ1v) is 5.62. The molecule has 1 unspecified atom stereocenters. The lowest BCUT2D eigenvalue weighted by atomic mass is 10.2. The molecule has 2 nitrogen and oxygen atoms in total. The molecule has 13 heavy (non-hydrogen) atoms. The highest BCUT2D eigenvalue weighted by molar-refractivity contribution is 7.80. The van der Waals surface area contributed by atoms with Crippen LogP contribution in [0.5, 0.6) is 0 Å². The van der Waals surface area contributed by atoms with E-state index < -0.39 is 0 Å². The first-order valence-electron chi connectivity index (χ1n) is 5.21. The molecule has 0 rings (SSSR count). The normalized spacial score (nSPS) is 12.3. The van der Waals surface area contributed by atoms with Gasteiger partial charge in [-0.3, -0.25) is 0 Å². The zero-order valence-corrected chi connectivity index (χ0v) is 10.1. The molecule has 0 aromatic heterocycles. The Balaban J connectivity index is 3.99. The van der Waals surface area contributed by atoms with Gasteiger partial charge in [0.25, 0.3) is 0 Å². The van der Waals surface area contributed by atoms with Crippen molar-refractivity contribution in [2.75, 3.05) is 13.1 Å². The molecule has 0 aromatic carbocycles. The van der Waals surface area contributed by atoms with E-state index in [1.165, 1.54) is 0 Å². The lowest BCUT2D eigenvalue weighted by Gasteiger charge is -2.30. The van der Waals surface area contributed by atoms with Gasteiger partial charge >= 0.3 is 0 Å². The maximum atomic E-state index is 5.30. The smallest absolute Gasteiger partial charge is 0.169 e. The van der Waals surface area contributed by atoms with Crippen LogP contribution in [0.1, 0.15) is 40.5 Å². The van der Waals surface area contributed by atoms with Crippen LogP contribution in [0.2, 0.25) is 0 Å². The first-order chi connectivity index (χ1) is 6.17. The van der Waals surface area contributed by atoms with Crippen molar-refractivity contribution in [3.05, 3.63) is 0 Å². The first kappa shape index (κ1) is 12.7. The van der Waals surface area contributed by atoms with E-state index >= 15 is 0 Å². The Kier molecular flexibility index (Phi) is 6.96. The van der Waals surface area contributed by atoms with Crippen molar-refractivity contribution in [3.63, 3.8) is 0 Å². The number of thiocarbonyl (C=S) groups is 1. The zero-order chi connectivity index (χ0) is 10.3. The fourth-order valence-corrected chi connectivity index (χ4v) is 1.62. The predicted molar refractivity (Wildman–Crippen MR) is 63.0 cm³/mol. The van der Waals surface area contributed by atoms with Crippen LogP contribution in [-0.2, 0) is 0 Å². The topological polar surface area (TPSA) is 15.3 Å². The molecule has 0 saturated heterocycles. The zero-order valence-electron chi connectivity index (χ0n) is 9.26. The van der Waals surface area contributed by atoms with Gasteiger partial charge in [0, 0.05) is 19.1 Å². The predicted octanol–water partition coefficient (Wildman–Crippen LogP) is 2.39. The van der Waals surface area contributed by atoms with Crippen LogP contribution in [0.4, 0.5) is 0 Å². The lowest BCUT2D eigenvalue weighted by Crippen LogP contribution is -2.44. The fraction of sp³-hybridized carbons (Fsp3) is 0.900. The molecule has 0 saturated carbocycles. The highest BCUT2D eigenvalue weighted by Gasteiger charge is 2.12. The SMILES string of the molecule is CCCNC(=S)N(CC)C(C)CC. The van der Waals surface area contributed by atoms with Gasteiger partial charge in [0.1, 0.15) is 0 Å². The summed E-state index contributed by atoms with van der Waals surface area (Å²) in [5.74, 6) is 0. The minimum atomic E-state index is 0.543. The molecular formula is C10H22N2S. The van der Waals surface area contributed by atoms with E-state index in [1.54, 1.807) is 0 Å². The molecule has 0 aliphatic rings. The number of hydrogen-bond donors (Lipinski definition) is 1. The summed E-state index contributed by atoms with van der Waals surface area (Å²) in [5.41, 5.74) is 0. The van der Waals surface area contributed by atoms with E-state index in [0.29, 0.717) is 6.04 Å². The highest BCUT2D eigenvalue weighted by Crippen LogP contribution is 2.03. The summed E-state index contributed by atoms with van der Waals surface area (Å²) in [5, 5.41) is 4.16. The van der Waals surface area contributed by atoms with Crippen molar-refractivity contribution < 1.29 is 0 Å². The van der Waals surface area contributed by atoms with Gasteiger partial charge in [-0.2, -0.15) is 0 Å². The van der Waals surface area contributed by atoms with E-state index in [9.17, 15) is 0 Å². The van der Waals surface area contributed by atoms with Crippen LogP contribution in [0, 0.1) is 0 Å². The average molecular weight is 202 g/mol. The highest BCUT2D eigenvalue weighted by atomic mass is 32.1. The third kappa shape index (κ3) is 4.46. The molecular weight excluding hydrogens is 180 g/mol. The van der Waals surface area contributed by atoms with Crippen LogP contribution in [0.25, 0.3) is 0 Å². The Morgan fingerprint density at radius 1 is 1.38 bits per heavy atom. The molecule has 0 bridgehead atoms. The molecule has 1 atom stereocenters. The van der Waals surface area contributed by atoms with Crippen molar-refractivity contribution in [3.8, 4) is 0 Å². The van der Waals surface area contributed by atoms with Crippen LogP contribution in [0.15, 0.2) is 0 Å². The van der Waals surface area contributed by atoms with Gasteiger partial charge < -0.3 is 10.2 Å². The molecule has 78 valence electrons. The van der Waals surface area contributed by atoms with Crippen molar-refractivity contribution in [1.82, 2.24) is 10.2 Å². The molecule has 0 heterocycles. The molecule has 1 N–H and O–H groups in total. The van der Waals surface area contributed by atoms with Gasteiger partial charge in [-0.15, -0.1) is 0 Å². The van der Waals surface area contributed by atoms with E-state index in [2.05, 4.69) is 37.9 Å². The summed E-state index contributed by atoms with van der Waals surface area (Å²) < 4.78 is 0. The van der Waals surface area contributed by atoms with E-state index in [-0.39, 0.29) is 0 Å². The summed E-state index contributed by atoms with van der Waals surface area (Å²) in [6.07, 6.45) is 2.26. The molecule has 0 radical (unpaired) electrons. The van der Waals surface area contributed by atoms with E-state index in [1.807, 2.05) is 0 Å². The second-order valence-electron chi connectivity index (χ2n) is 3.28. The Morgan fingerprint density at radius 3 is 2.38 bits per heavy atom. The minimum absolute atomic E-state index is 0.543. The molecule has 0 aliphatic heterocycles. The molecule has 0 fully saturated rings. The molecule has 0 amide bonds. The monoisotopic (exact) mass is 202 g/mol. The third-order valence-corrected chi connectivity index (χ3v) is 2.63. The summed E-state index contributed by atoms with van der Waals surface area (Å²) in [6.45, 7) is 10.7. The standard InChI is InChI=1S/C10H22N2S/c1-5-8-11-10(13)12(7-3)9(4)6-2/h9H,5-8H2,1-4H3,(H,11,13). The number of nitrogens with zero attached hydrogens (tertiary/aromatic N) is 1. The Hall–Kier alpha value is -0.310. The van der Waals surface area contributed by atoms with Crippen molar-refractivity contribution in [2.24, 2.45) is 0 Å². The average Bonchev–Trinajstić information content (AvgIpc) is 2.15. The second-order valence-corrected chi connectivity index (χ2v) is 3.66. The van der Waals surface area contributed by atoms with Gasteiger partial charge in [-0.1, -0.05) is 13.8 Å². The molecule has 3 heteroatoms. The number of rotatable bonds is 5. The Morgan fingerprint density at radius 2 is 2.00 bits per heavy atom. The summed E-state index contributed by atoms with van der Waals surface area (Å²) in [7, 11) is 0. The van der Waals surface area contributed by atoms with Crippen molar-refractivity contribution >= 4 is 17.3 Å². The minimum Gasteiger partial charge on any atom is -0.363 e. The summed E-state index contributed by atoms with van der Waals surface area (Å²) >= 11 is 5.30. The number of hydrogen-bond acceptors (Lipinski definition) is 1. The van der Waals surface area contributed by atoms with E-state index in [4.69, 9.17) is 12.2 Å². The Labute approximate surface area is 87.7 Å². The largest absolute Gasteiger partial charge is 0.363 e. The van der Waals surface area contributed by atoms with Crippen molar-refractivity contribution in [1.29, 1.82) is 0 Å². The molecule has 0 aliphatic carbocycles. The van der Waals surface area contributed by atoms with Gasteiger partial charge in [0.15, 0.2) is 5.11 Å². The fourth-order valence-electron chi connectivity index (χ4n) is 1.21. The van der Waals surface area contributed by atoms with Crippen molar-refractivity contribution in [2.45, 2.75) is 46.6 Å². The Bertz CT molecular complexity index is 148. The summed E-state index contributed by atoms with van der Waals surface area (Å²) in [6, 6.07) is 0.543. The quantitative estimate of drug-likeness (QED) is 0.689. The lowest BCUT2D eigenvalue weighted by molar-refractivity contribution is 0.332. The van der Waals surface area contributed by atoms with Crippen LogP contribution in [-0.4, -0.2) is 29.1 Å². The van der Waals surface area contributed by atoms with Gasteiger partial charge in [0.2, 0.25) is 0 Å². The maximum absolute atomic E-state index is 5.30. The maximum Gasteiger partial charge on any atom is 0.169 e. The van der Waals surface area contributed by atoms with E-state index in [0.717, 1.165) is 31.0 Å². The third-order valence-electron chi connectivity index (χ3n) is 2.25. The van der Waals surface area contributed by atoms with Crippen LogP contribution < -0.4 is 5.32 Å². The summed E-state index contributed by atoms with van der Waals surface area (Å²) in [4.78, 5) is 2.24. The van der Waals surface area contributed by atoms with Gasteiger partial charge in [0.05, 0.1) is 0 Å². The van der Waals surface area contributed by atoms with Crippen LogP contribution >= 0.6 is 12.2 Å².